The maximum Gasteiger partial charge on any atom is 0.227 e. The van der Waals surface area contributed by atoms with Crippen LogP contribution in [0.4, 0.5) is 0 Å². The predicted octanol–water partition coefficient (Wildman–Crippen LogP) is 9.93. The molecule has 2 aromatic heterocycles. The first-order valence-electron chi connectivity index (χ1n) is 13.5. The molecule has 6 aromatic carbocycles. The third kappa shape index (κ3) is 3.71. The van der Waals surface area contributed by atoms with Gasteiger partial charge in [-0.1, -0.05) is 91.0 Å². The fourth-order valence-electron chi connectivity index (χ4n) is 5.66. The van der Waals surface area contributed by atoms with E-state index >= 15 is 0 Å². The monoisotopic (exact) mass is 512 g/mol. The van der Waals surface area contributed by atoms with Crippen molar-refractivity contribution in [3.05, 3.63) is 146 Å². The Morgan fingerprint density at radius 3 is 1.77 bits per heavy atom. The minimum Gasteiger partial charge on any atom is -0.436 e. The molecule has 0 atom stereocenters. The topological polar surface area (TPSA) is 31.0 Å². The van der Waals surface area contributed by atoms with E-state index < -0.39 is 0 Å². The van der Waals surface area contributed by atoms with E-state index in [-0.39, 0.29) is 0 Å². The summed E-state index contributed by atoms with van der Waals surface area (Å²) in [6, 6.07) is 51.1. The second kappa shape index (κ2) is 9.11. The van der Waals surface area contributed by atoms with Crippen LogP contribution in [0.15, 0.2) is 150 Å². The van der Waals surface area contributed by atoms with E-state index in [0.29, 0.717) is 5.89 Å². The second-order valence-electron chi connectivity index (χ2n) is 10.1. The standard InChI is InChI=1S/C37H24N2O/c1-2-8-30(9-3-1)39-34-12-6-4-10-31(34)32-24-29(22-23-35(32)39)27-16-14-25(15-17-27)26-18-20-28(21-19-26)37-38-33-11-5-7-13-36(33)40-37/h1-24H. The summed E-state index contributed by atoms with van der Waals surface area (Å²) in [6.45, 7) is 0. The number of aromatic nitrogens is 2. The zero-order valence-corrected chi connectivity index (χ0v) is 21.7. The van der Waals surface area contributed by atoms with Gasteiger partial charge in [0.2, 0.25) is 5.89 Å². The molecule has 0 bridgehead atoms. The summed E-state index contributed by atoms with van der Waals surface area (Å²) in [4.78, 5) is 4.62. The molecule has 0 radical (unpaired) electrons. The third-order valence-electron chi connectivity index (χ3n) is 7.66. The number of nitrogens with zero attached hydrogens (tertiary/aromatic N) is 2. The largest absolute Gasteiger partial charge is 0.436 e. The summed E-state index contributed by atoms with van der Waals surface area (Å²) in [5.74, 6) is 0.645. The Kier molecular flexibility index (Phi) is 5.14. The van der Waals surface area contributed by atoms with Gasteiger partial charge in [0.05, 0.1) is 11.0 Å². The Morgan fingerprint density at radius 1 is 0.450 bits per heavy atom. The first-order valence-corrected chi connectivity index (χ1v) is 13.5. The zero-order valence-electron chi connectivity index (χ0n) is 21.7. The molecule has 3 nitrogen and oxygen atoms in total. The fraction of sp³-hybridized carbons (Fsp3) is 0. The minimum absolute atomic E-state index is 0.645. The van der Waals surface area contributed by atoms with Crippen LogP contribution in [-0.4, -0.2) is 9.55 Å². The Morgan fingerprint density at radius 2 is 1.02 bits per heavy atom. The highest BCUT2D eigenvalue weighted by atomic mass is 16.3. The Balaban J connectivity index is 1.13. The van der Waals surface area contributed by atoms with Crippen LogP contribution in [-0.2, 0) is 0 Å². The minimum atomic E-state index is 0.645. The Labute approximate surface area is 231 Å². The van der Waals surface area contributed by atoms with Gasteiger partial charge in [-0.2, -0.15) is 0 Å². The van der Waals surface area contributed by atoms with Crippen molar-refractivity contribution in [1.29, 1.82) is 0 Å². The molecular weight excluding hydrogens is 488 g/mol. The summed E-state index contributed by atoms with van der Waals surface area (Å²) in [5.41, 5.74) is 11.0. The lowest BCUT2D eigenvalue weighted by Gasteiger charge is -2.08. The lowest BCUT2D eigenvalue weighted by atomic mass is 9.98. The highest BCUT2D eigenvalue weighted by Crippen LogP contribution is 2.35. The van der Waals surface area contributed by atoms with E-state index in [1.54, 1.807) is 0 Å². The van der Waals surface area contributed by atoms with Gasteiger partial charge < -0.3 is 8.98 Å². The van der Waals surface area contributed by atoms with Gasteiger partial charge in [-0.15, -0.1) is 0 Å². The van der Waals surface area contributed by atoms with Gasteiger partial charge in [0.25, 0.3) is 0 Å². The van der Waals surface area contributed by atoms with Crippen molar-refractivity contribution in [1.82, 2.24) is 9.55 Å². The molecule has 0 aliphatic rings. The van der Waals surface area contributed by atoms with Gasteiger partial charge in [0, 0.05) is 22.0 Å². The van der Waals surface area contributed by atoms with E-state index in [4.69, 9.17) is 4.42 Å². The average Bonchev–Trinajstić information content (AvgIpc) is 3.61. The van der Waals surface area contributed by atoms with Crippen molar-refractivity contribution < 1.29 is 4.42 Å². The molecule has 0 N–H and O–H groups in total. The lowest BCUT2D eigenvalue weighted by molar-refractivity contribution is 0.620. The maximum atomic E-state index is 5.94. The summed E-state index contributed by atoms with van der Waals surface area (Å²) >= 11 is 0. The molecule has 40 heavy (non-hydrogen) atoms. The number of para-hydroxylation sites is 4. The maximum absolute atomic E-state index is 5.94. The molecule has 0 aliphatic carbocycles. The summed E-state index contributed by atoms with van der Waals surface area (Å²) in [7, 11) is 0. The molecule has 0 spiro atoms. The molecular formula is C37H24N2O. The van der Waals surface area contributed by atoms with Crippen LogP contribution in [0.3, 0.4) is 0 Å². The van der Waals surface area contributed by atoms with Gasteiger partial charge in [0.1, 0.15) is 5.52 Å². The van der Waals surface area contributed by atoms with Crippen LogP contribution in [0.25, 0.3) is 72.3 Å². The zero-order chi connectivity index (χ0) is 26.5. The van der Waals surface area contributed by atoms with E-state index in [1.165, 1.54) is 44.2 Å². The molecule has 2 heterocycles. The molecule has 3 heteroatoms. The molecule has 8 aromatic rings. The van der Waals surface area contributed by atoms with E-state index in [9.17, 15) is 0 Å². The normalized spacial score (nSPS) is 11.5. The second-order valence-corrected chi connectivity index (χ2v) is 10.1. The fourth-order valence-corrected chi connectivity index (χ4v) is 5.66. The molecule has 0 aliphatic heterocycles. The summed E-state index contributed by atoms with van der Waals surface area (Å²) in [5, 5.41) is 2.52. The molecule has 188 valence electrons. The van der Waals surface area contributed by atoms with Crippen molar-refractivity contribution in [3.8, 4) is 39.4 Å². The van der Waals surface area contributed by atoms with Gasteiger partial charge >= 0.3 is 0 Å². The van der Waals surface area contributed by atoms with Crippen LogP contribution in [0.1, 0.15) is 0 Å². The van der Waals surface area contributed by atoms with Crippen molar-refractivity contribution in [2.24, 2.45) is 0 Å². The number of oxazole rings is 1. The van der Waals surface area contributed by atoms with Crippen LogP contribution >= 0.6 is 0 Å². The highest BCUT2D eigenvalue weighted by Gasteiger charge is 2.13. The number of benzene rings is 6. The number of fused-ring (bicyclic) bond motifs is 4. The van der Waals surface area contributed by atoms with Crippen LogP contribution in [0.2, 0.25) is 0 Å². The van der Waals surface area contributed by atoms with Gasteiger partial charge in [-0.05, 0) is 76.9 Å². The molecule has 0 amide bonds. The van der Waals surface area contributed by atoms with Crippen LogP contribution < -0.4 is 0 Å². The van der Waals surface area contributed by atoms with Crippen molar-refractivity contribution in [2.75, 3.05) is 0 Å². The van der Waals surface area contributed by atoms with Crippen molar-refractivity contribution >= 4 is 32.9 Å². The van der Waals surface area contributed by atoms with Crippen molar-refractivity contribution in [2.45, 2.75) is 0 Å². The first kappa shape index (κ1) is 22.6. The lowest BCUT2D eigenvalue weighted by Crippen LogP contribution is -1.92. The molecule has 0 saturated carbocycles. The summed E-state index contributed by atoms with van der Waals surface area (Å²) in [6.07, 6.45) is 0. The van der Waals surface area contributed by atoms with E-state index in [0.717, 1.165) is 22.2 Å². The number of hydrogen-bond donors (Lipinski definition) is 0. The average molecular weight is 513 g/mol. The van der Waals surface area contributed by atoms with Crippen LogP contribution in [0, 0.1) is 0 Å². The quantitative estimate of drug-likeness (QED) is 0.235. The summed E-state index contributed by atoms with van der Waals surface area (Å²) < 4.78 is 8.28. The van der Waals surface area contributed by atoms with E-state index in [1.807, 2.05) is 24.3 Å². The Bertz CT molecular complexity index is 2100. The number of hydrogen-bond acceptors (Lipinski definition) is 2. The van der Waals surface area contributed by atoms with Crippen LogP contribution in [0.5, 0.6) is 0 Å². The first-order chi connectivity index (χ1) is 19.8. The third-order valence-corrected chi connectivity index (χ3v) is 7.66. The predicted molar refractivity (Wildman–Crippen MR) is 165 cm³/mol. The van der Waals surface area contributed by atoms with Gasteiger partial charge in [0.15, 0.2) is 5.58 Å². The molecule has 0 unspecified atom stereocenters. The number of rotatable bonds is 4. The van der Waals surface area contributed by atoms with E-state index in [2.05, 4.69) is 131 Å². The van der Waals surface area contributed by atoms with Gasteiger partial charge in [-0.25, -0.2) is 4.98 Å². The smallest absolute Gasteiger partial charge is 0.227 e. The molecule has 0 saturated heterocycles. The molecule has 0 fully saturated rings. The SMILES string of the molecule is c1ccc(-n2c3ccccc3c3cc(-c4ccc(-c5ccc(-c6nc7ccccc7o6)cc5)cc4)ccc32)cc1. The van der Waals surface area contributed by atoms with Crippen molar-refractivity contribution in [3.63, 3.8) is 0 Å². The van der Waals surface area contributed by atoms with Gasteiger partial charge in [-0.3, -0.25) is 0 Å². The Hall–Kier alpha value is -5.41. The highest BCUT2D eigenvalue weighted by molar-refractivity contribution is 6.10. The molecule has 8 rings (SSSR count).